The van der Waals surface area contributed by atoms with Crippen LogP contribution in [0.2, 0.25) is 0 Å². The van der Waals surface area contributed by atoms with Crippen molar-refractivity contribution >= 4 is 0 Å². The van der Waals surface area contributed by atoms with Gasteiger partial charge in [-0.05, 0) is 19.8 Å². The van der Waals surface area contributed by atoms with Gasteiger partial charge in [-0.2, -0.15) is 5.10 Å². The van der Waals surface area contributed by atoms with Crippen LogP contribution in [0.3, 0.4) is 0 Å². The van der Waals surface area contributed by atoms with Gasteiger partial charge in [0.25, 0.3) is 0 Å². The van der Waals surface area contributed by atoms with Crippen molar-refractivity contribution in [1.29, 1.82) is 0 Å². The molecule has 2 unspecified atom stereocenters. The molecule has 0 saturated carbocycles. The van der Waals surface area contributed by atoms with Crippen molar-refractivity contribution in [1.82, 2.24) is 15.1 Å². The summed E-state index contributed by atoms with van der Waals surface area (Å²) in [5.41, 5.74) is 2.40. The van der Waals surface area contributed by atoms with Gasteiger partial charge in [-0.3, -0.25) is 4.68 Å². The molecule has 0 fully saturated rings. The van der Waals surface area contributed by atoms with Gasteiger partial charge in [-0.1, -0.05) is 6.92 Å². The van der Waals surface area contributed by atoms with E-state index in [0.29, 0.717) is 6.04 Å². The third-order valence-electron chi connectivity index (χ3n) is 3.09. The number of hydrogen-bond donors (Lipinski definition) is 2. The van der Waals surface area contributed by atoms with Gasteiger partial charge in [-0.25, -0.2) is 0 Å². The first-order chi connectivity index (χ1) is 7.06. The van der Waals surface area contributed by atoms with Gasteiger partial charge in [0.15, 0.2) is 0 Å². The quantitative estimate of drug-likeness (QED) is 0.758. The number of aliphatic hydroxyl groups is 1. The lowest BCUT2D eigenvalue weighted by molar-refractivity contribution is 0.207. The average Bonchev–Trinajstić information content (AvgIpc) is 2.55. The molecule has 15 heavy (non-hydrogen) atoms. The van der Waals surface area contributed by atoms with Crippen molar-refractivity contribution < 1.29 is 5.11 Å². The normalized spacial score (nSPS) is 15.3. The lowest BCUT2D eigenvalue weighted by Crippen LogP contribution is -2.33. The number of aliphatic hydroxyl groups excluding tert-OH is 1. The van der Waals surface area contributed by atoms with Gasteiger partial charge in [0.1, 0.15) is 0 Å². The minimum atomic E-state index is 0.222. The summed E-state index contributed by atoms with van der Waals surface area (Å²) in [4.78, 5) is 0. The van der Waals surface area contributed by atoms with Gasteiger partial charge in [0.2, 0.25) is 0 Å². The van der Waals surface area contributed by atoms with Crippen LogP contribution < -0.4 is 5.32 Å². The Labute approximate surface area is 91.3 Å². The van der Waals surface area contributed by atoms with Gasteiger partial charge >= 0.3 is 0 Å². The fraction of sp³-hybridized carbons (Fsp3) is 0.727. The van der Waals surface area contributed by atoms with Crippen molar-refractivity contribution in [2.45, 2.75) is 33.4 Å². The third kappa shape index (κ3) is 3.04. The smallest absolute Gasteiger partial charge is 0.0537 e. The molecule has 2 atom stereocenters. The Morgan fingerprint density at radius 2 is 2.20 bits per heavy atom. The van der Waals surface area contributed by atoms with Crippen molar-refractivity contribution in [3.8, 4) is 0 Å². The highest BCUT2D eigenvalue weighted by Gasteiger charge is 2.11. The number of hydrogen-bond acceptors (Lipinski definition) is 3. The predicted molar refractivity (Wildman–Crippen MR) is 60.5 cm³/mol. The molecule has 1 aromatic rings. The van der Waals surface area contributed by atoms with Crippen molar-refractivity contribution in [2.75, 3.05) is 6.61 Å². The van der Waals surface area contributed by atoms with Crippen LogP contribution in [0.1, 0.15) is 25.1 Å². The van der Waals surface area contributed by atoms with Crippen molar-refractivity contribution in [3.63, 3.8) is 0 Å². The van der Waals surface area contributed by atoms with E-state index in [1.165, 1.54) is 11.3 Å². The molecule has 1 heterocycles. The number of aryl methyl sites for hydroxylation is 1. The van der Waals surface area contributed by atoms with E-state index in [9.17, 15) is 0 Å². The largest absolute Gasteiger partial charge is 0.396 e. The van der Waals surface area contributed by atoms with E-state index in [0.717, 1.165) is 6.54 Å². The van der Waals surface area contributed by atoms with Crippen LogP contribution in [0, 0.1) is 12.8 Å². The van der Waals surface area contributed by atoms with Crippen molar-refractivity contribution in [3.05, 3.63) is 17.5 Å². The van der Waals surface area contributed by atoms with Crippen molar-refractivity contribution in [2.24, 2.45) is 13.0 Å². The van der Waals surface area contributed by atoms with Crippen LogP contribution in [0.25, 0.3) is 0 Å². The Hall–Kier alpha value is -0.870. The van der Waals surface area contributed by atoms with Crippen LogP contribution in [0.15, 0.2) is 6.20 Å². The zero-order valence-electron chi connectivity index (χ0n) is 9.99. The van der Waals surface area contributed by atoms with Gasteiger partial charge in [0.05, 0.1) is 6.20 Å². The van der Waals surface area contributed by atoms with Crippen LogP contribution in [0.5, 0.6) is 0 Å². The molecule has 0 saturated heterocycles. The topological polar surface area (TPSA) is 50.1 Å². The second kappa shape index (κ2) is 5.28. The summed E-state index contributed by atoms with van der Waals surface area (Å²) in [6.45, 7) is 7.22. The van der Waals surface area contributed by atoms with E-state index in [1.54, 1.807) is 0 Å². The van der Waals surface area contributed by atoms with Crippen LogP contribution in [0.4, 0.5) is 0 Å². The predicted octanol–water partition coefficient (Wildman–Crippen LogP) is 0.835. The first kappa shape index (κ1) is 12.2. The Balaban J connectivity index is 2.47. The summed E-state index contributed by atoms with van der Waals surface area (Å²) in [6.07, 6.45) is 1.89. The van der Waals surface area contributed by atoms with E-state index in [-0.39, 0.29) is 12.5 Å². The molecule has 4 nitrogen and oxygen atoms in total. The zero-order valence-corrected chi connectivity index (χ0v) is 9.99. The molecule has 4 heteroatoms. The summed E-state index contributed by atoms with van der Waals surface area (Å²) in [5, 5.41) is 16.6. The van der Waals surface area contributed by atoms with E-state index in [1.807, 2.05) is 24.9 Å². The Morgan fingerprint density at radius 3 is 2.67 bits per heavy atom. The molecular weight excluding hydrogens is 190 g/mol. The van der Waals surface area contributed by atoms with Gasteiger partial charge in [0, 0.05) is 37.5 Å². The maximum Gasteiger partial charge on any atom is 0.0537 e. The standard InChI is InChI=1S/C11H21N3O/c1-8(7-15)9(2)12-5-11-6-13-14(4)10(11)3/h6,8-9,12,15H,5,7H2,1-4H3. The van der Waals surface area contributed by atoms with Crippen LogP contribution >= 0.6 is 0 Å². The molecule has 86 valence electrons. The molecule has 0 amide bonds. The van der Waals surface area contributed by atoms with Gasteiger partial charge in [-0.15, -0.1) is 0 Å². The lowest BCUT2D eigenvalue weighted by atomic mass is 10.1. The molecule has 1 rings (SSSR count). The molecule has 0 aliphatic rings. The SMILES string of the molecule is Cc1c(CNC(C)C(C)CO)cnn1C. The summed E-state index contributed by atoms with van der Waals surface area (Å²) in [7, 11) is 1.94. The summed E-state index contributed by atoms with van der Waals surface area (Å²) in [6, 6.07) is 0.314. The third-order valence-corrected chi connectivity index (χ3v) is 3.09. The maximum atomic E-state index is 9.00. The molecule has 1 aromatic heterocycles. The van der Waals surface area contributed by atoms with E-state index >= 15 is 0 Å². The lowest BCUT2D eigenvalue weighted by Gasteiger charge is -2.19. The summed E-state index contributed by atoms with van der Waals surface area (Å²) < 4.78 is 1.87. The number of rotatable bonds is 5. The van der Waals surface area contributed by atoms with Crippen LogP contribution in [-0.2, 0) is 13.6 Å². The first-order valence-corrected chi connectivity index (χ1v) is 5.38. The Kier molecular flexibility index (Phi) is 4.29. The molecule has 0 bridgehead atoms. The number of nitrogens with zero attached hydrogens (tertiary/aromatic N) is 2. The summed E-state index contributed by atoms with van der Waals surface area (Å²) >= 11 is 0. The fourth-order valence-electron chi connectivity index (χ4n) is 1.35. The molecule has 0 aromatic carbocycles. The first-order valence-electron chi connectivity index (χ1n) is 5.38. The maximum absolute atomic E-state index is 9.00. The zero-order chi connectivity index (χ0) is 11.4. The fourth-order valence-corrected chi connectivity index (χ4v) is 1.35. The molecule has 0 radical (unpaired) electrons. The Bertz CT molecular complexity index is 309. The Morgan fingerprint density at radius 1 is 1.53 bits per heavy atom. The molecule has 0 aliphatic heterocycles. The minimum absolute atomic E-state index is 0.222. The van der Waals surface area contributed by atoms with E-state index in [4.69, 9.17) is 5.11 Å². The second-order valence-electron chi connectivity index (χ2n) is 4.21. The molecule has 0 spiro atoms. The summed E-state index contributed by atoms with van der Waals surface area (Å²) in [5.74, 6) is 0.280. The molecule has 0 aliphatic carbocycles. The van der Waals surface area contributed by atoms with E-state index in [2.05, 4.69) is 24.3 Å². The average molecular weight is 211 g/mol. The van der Waals surface area contributed by atoms with Crippen LogP contribution in [-0.4, -0.2) is 27.5 Å². The highest BCUT2D eigenvalue weighted by atomic mass is 16.3. The molecular formula is C11H21N3O. The monoisotopic (exact) mass is 211 g/mol. The van der Waals surface area contributed by atoms with E-state index < -0.39 is 0 Å². The highest BCUT2D eigenvalue weighted by molar-refractivity contribution is 5.15. The number of aromatic nitrogens is 2. The number of nitrogens with one attached hydrogen (secondary N) is 1. The molecule has 2 N–H and O–H groups in total. The highest BCUT2D eigenvalue weighted by Crippen LogP contribution is 2.07. The van der Waals surface area contributed by atoms with Gasteiger partial charge < -0.3 is 10.4 Å². The minimum Gasteiger partial charge on any atom is -0.396 e. The second-order valence-corrected chi connectivity index (χ2v) is 4.21.